The molecule has 3 atom stereocenters. The van der Waals surface area contributed by atoms with Crippen LogP contribution in [-0.2, 0) is 0 Å². The average Bonchev–Trinajstić information content (AvgIpc) is 3.10. The topological polar surface area (TPSA) is 12.0 Å². The molecule has 0 saturated heterocycles. The molecule has 98 valence electrons. The summed E-state index contributed by atoms with van der Waals surface area (Å²) in [5.74, 6) is 2.95. The Morgan fingerprint density at radius 2 is 1.94 bits per heavy atom. The zero-order chi connectivity index (χ0) is 12.5. The van der Waals surface area contributed by atoms with E-state index in [0.717, 1.165) is 24.3 Å². The quantitative estimate of drug-likeness (QED) is 0.840. The molecule has 1 aromatic carbocycles. The highest BCUT2D eigenvalue weighted by Gasteiger charge is 2.54. The molecule has 2 aliphatic carbocycles. The van der Waals surface area contributed by atoms with E-state index < -0.39 is 0 Å². The van der Waals surface area contributed by atoms with E-state index in [9.17, 15) is 0 Å². The molecule has 0 heterocycles. The van der Waals surface area contributed by atoms with Crippen LogP contribution in [0.5, 0.6) is 0 Å². The Bertz CT molecular complexity index is 400. The largest absolute Gasteiger partial charge is 0.310 e. The van der Waals surface area contributed by atoms with Gasteiger partial charge in [0.2, 0.25) is 0 Å². The van der Waals surface area contributed by atoms with Crippen molar-refractivity contribution in [2.45, 2.75) is 45.6 Å². The molecular formula is C17H25N. The van der Waals surface area contributed by atoms with Crippen LogP contribution in [0.3, 0.4) is 0 Å². The molecule has 1 aromatic rings. The van der Waals surface area contributed by atoms with Crippen molar-refractivity contribution >= 4 is 0 Å². The highest BCUT2D eigenvalue weighted by Crippen LogP contribution is 2.60. The molecule has 0 bridgehead atoms. The first-order valence-electron chi connectivity index (χ1n) is 7.61. The van der Waals surface area contributed by atoms with Gasteiger partial charge in [-0.25, -0.2) is 0 Å². The van der Waals surface area contributed by atoms with Gasteiger partial charge >= 0.3 is 0 Å². The third-order valence-electron chi connectivity index (χ3n) is 4.93. The predicted molar refractivity (Wildman–Crippen MR) is 76.5 cm³/mol. The van der Waals surface area contributed by atoms with Crippen LogP contribution >= 0.6 is 0 Å². The van der Waals surface area contributed by atoms with Gasteiger partial charge in [-0.3, -0.25) is 0 Å². The van der Waals surface area contributed by atoms with Gasteiger partial charge in [-0.2, -0.15) is 0 Å². The van der Waals surface area contributed by atoms with E-state index in [-0.39, 0.29) is 0 Å². The fourth-order valence-electron chi connectivity index (χ4n) is 4.10. The number of fused-ring (bicyclic) bond motifs is 1. The molecule has 18 heavy (non-hydrogen) atoms. The lowest BCUT2D eigenvalue weighted by atomic mass is 9.98. The van der Waals surface area contributed by atoms with Crippen molar-refractivity contribution in [3.63, 3.8) is 0 Å². The van der Waals surface area contributed by atoms with Crippen molar-refractivity contribution in [3.8, 4) is 0 Å². The fourth-order valence-corrected chi connectivity index (χ4v) is 4.10. The predicted octanol–water partition coefficient (Wildman–Crippen LogP) is 4.08. The third-order valence-corrected chi connectivity index (χ3v) is 4.93. The second-order valence-electron chi connectivity index (χ2n) is 6.14. The van der Waals surface area contributed by atoms with E-state index >= 15 is 0 Å². The van der Waals surface area contributed by atoms with Crippen LogP contribution < -0.4 is 5.32 Å². The highest BCUT2D eigenvalue weighted by atomic mass is 14.9. The van der Waals surface area contributed by atoms with Gasteiger partial charge in [-0.15, -0.1) is 0 Å². The number of benzene rings is 1. The van der Waals surface area contributed by atoms with E-state index in [1.807, 2.05) is 0 Å². The molecule has 1 nitrogen and oxygen atoms in total. The maximum Gasteiger partial charge on any atom is 0.0354 e. The molecular weight excluding hydrogens is 218 g/mol. The zero-order valence-electron chi connectivity index (χ0n) is 11.7. The van der Waals surface area contributed by atoms with Crippen LogP contribution in [0.4, 0.5) is 0 Å². The summed E-state index contributed by atoms with van der Waals surface area (Å²) in [5, 5.41) is 3.74. The van der Waals surface area contributed by atoms with Gasteiger partial charge in [-0.1, -0.05) is 49.6 Å². The summed E-state index contributed by atoms with van der Waals surface area (Å²) < 4.78 is 0. The molecule has 1 heteroatoms. The van der Waals surface area contributed by atoms with E-state index in [0.29, 0.717) is 6.04 Å². The Hall–Kier alpha value is -0.820. The minimum atomic E-state index is 0.600. The minimum Gasteiger partial charge on any atom is -0.310 e. The van der Waals surface area contributed by atoms with E-state index in [1.165, 1.54) is 36.8 Å². The molecule has 0 aliphatic heterocycles. The molecule has 0 spiro atoms. The monoisotopic (exact) mass is 243 g/mol. The summed E-state index contributed by atoms with van der Waals surface area (Å²) in [4.78, 5) is 0. The molecule has 2 aliphatic rings. The zero-order valence-corrected chi connectivity index (χ0v) is 11.7. The summed E-state index contributed by atoms with van der Waals surface area (Å²) in [5.41, 5.74) is 2.90. The molecule has 2 fully saturated rings. The lowest BCUT2D eigenvalue weighted by molar-refractivity contribution is 0.456. The van der Waals surface area contributed by atoms with Crippen LogP contribution in [0.25, 0.3) is 0 Å². The Morgan fingerprint density at radius 1 is 1.22 bits per heavy atom. The Balaban J connectivity index is 1.80. The maximum absolute atomic E-state index is 3.74. The molecule has 3 unspecified atom stereocenters. The van der Waals surface area contributed by atoms with Crippen LogP contribution in [0.2, 0.25) is 0 Å². The second-order valence-corrected chi connectivity index (χ2v) is 6.14. The van der Waals surface area contributed by atoms with Crippen LogP contribution in [0.1, 0.15) is 49.8 Å². The van der Waals surface area contributed by atoms with Crippen LogP contribution in [-0.4, -0.2) is 6.54 Å². The van der Waals surface area contributed by atoms with Gasteiger partial charge in [0.25, 0.3) is 0 Å². The maximum atomic E-state index is 3.74. The van der Waals surface area contributed by atoms with Crippen molar-refractivity contribution in [2.24, 2.45) is 17.8 Å². The second kappa shape index (κ2) is 5.05. The third kappa shape index (κ3) is 2.21. The average molecular weight is 243 g/mol. The molecule has 0 amide bonds. The summed E-state index contributed by atoms with van der Waals surface area (Å²) in [6.07, 6.45) is 5.88. The normalized spacial score (nSPS) is 31.8. The number of aryl methyl sites for hydroxylation is 1. The summed E-state index contributed by atoms with van der Waals surface area (Å²) in [6.45, 7) is 5.51. The molecule has 2 saturated carbocycles. The number of hydrogen-bond donors (Lipinski definition) is 1. The number of nitrogens with one attached hydrogen (secondary N) is 1. The fraction of sp³-hybridized carbons (Fsp3) is 0.647. The standard InChI is InChI=1S/C17H25N/c1-3-18-17(13-8-6-7-12(2)11-13)16-14-9-4-5-10-15(14)16/h6-8,11,14-18H,3-5,9-10H2,1-2H3. The number of hydrogen-bond acceptors (Lipinski definition) is 1. The van der Waals surface area contributed by atoms with Crippen molar-refractivity contribution in [1.29, 1.82) is 0 Å². The van der Waals surface area contributed by atoms with Gasteiger partial charge in [0, 0.05) is 6.04 Å². The lowest BCUT2D eigenvalue weighted by Crippen LogP contribution is -2.23. The first-order valence-corrected chi connectivity index (χ1v) is 7.61. The van der Waals surface area contributed by atoms with Gasteiger partial charge in [0.1, 0.15) is 0 Å². The Labute approximate surface area is 111 Å². The van der Waals surface area contributed by atoms with Gasteiger partial charge in [0.15, 0.2) is 0 Å². The number of rotatable bonds is 4. The minimum absolute atomic E-state index is 0.600. The van der Waals surface area contributed by atoms with Gasteiger partial charge in [0.05, 0.1) is 0 Å². The molecule has 0 radical (unpaired) electrons. The Kier molecular flexibility index (Phi) is 3.43. The first kappa shape index (κ1) is 12.2. The Morgan fingerprint density at radius 3 is 2.56 bits per heavy atom. The van der Waals surface area contributed by atoms with Crippen LogP contribution in [0, 0.1) is 24.7 Å². The smallest absolute Gasteiger partial charge is 0.0354 e. The van der Waals surface area contributed by atoms with E-state index in [1.54, 1.807) is 0 Å². The summed E-state index contributed by atoms with van der Waals surface area (Å²) >= 11 is 0. The SMILES string of the molecule is CCNC(c1cccc(C)c1)C1C2CCCCC21. The van der Waals surface area contributed by atoms with E-state index in [2.05, 4.69) is 43.4 Å². The molecule has 0 aromatic heterocycles. The molecule has 3 rings (SSSR count). The van der Waals surface area contributed by atoms with E-state index in [4.69, 9.17) is 0 Å². The summed E-state index contributed by atoms with van der Waals surface area (Å²) in [6, 6.07) is 9.69. The first-order chi connectivity index (χ1) is 8.81. The van der Waals surface area contributed by atoms with Gasteiger partial charge < -0.3 is 5.32 Å². The van der Waals surface area contributed by atoms with Crippen molar-refractivity contribution < 1.29 is 0 Å². The lowest BCUT2D eigenvalue weighted by Gasteiger charge is -2.19. The van der Waals surface area contributed by atoms with Crippen molar-refractivity contribution in [1.82, 2.24) is 5.32 Å². The summed E-state index contributed by atoms with van der Waals surface area (Å²) in [7, 11) is 0. The molecule has 1 N–H and O–H groups in total. The van der Waals surface area contributed by atoms with Gasteiger partial charge in [-0.05, 0) is 49.6 Å². The van der Waals surface area contributed by atoms with Crippen molar-refractivity contribution in [2.75, 3.05) is 6.54 Å². The highest BCUT2D eigenvalue weighted by molar-refractivity contribution is 5.28. The van der Waals surface area contributed by atoms with Crippen molar-refractivity contribution in [3.05, 3.63) is 35.4 Å². The van der Waals surface area contributed by atoms with Crippen LogP contribution in [0.15, 0.2) is 24.3 Å².